The van der Waals surface area contributed by atoms with Crippen LogP contribution in [0.1, 0.15) is 18.9 Å². The van der Waals surface area contributed by atoms with Crippen LogP contribution in [0.4, 0.5) is 0 Å². The van der Waals surface area contributed by atoms with E-state index in [9.17, 15) is 4.79 Å². The van der Waals surface area contributed by atoms with Gasteiger partial charge >= 0.3 is 5.97 Å². The van der Waals surface area contributed by atoms with Gasteiger partial charge in [-0.2, -0.15) is 0 Å². The fourth-order valence-electron chi connectivity index (χ4n) is 1.68. The summed E-state index contributed by atoms with van der Waals surface area (Å²) in [5.74, 6) is -0.260. The minimum absolute atomic E-state index is 0.0552. The summed E-state index contributed by atoms with van der Waals surface area (Å²) in [7, 11) is 0. The summed E-state index contributed by atoms with van der Waals surface area (Å²) in [6, 6.07) is 5.15. The maximum atomic E-state index is 10.7. The van der Waals surface area contributed by atoms with Crippen LogP contribution < -0.4 is 10.3 Å². The minimum atomic E-state index is -0.888. The predicted octanol–water partition coefficient (Wildman–Crippen LogP) is 1.93. The smallest absolute Gasteiger partial charge is 0.305 e. The van der Waals surface area contributed by atoms with Crippen molar-refractivity contribution in [1.82, 2.24) is 5.48 Å². The van der Waals surface area contributed by atoms with E-state index in [4.69, 9.17) is 21.5 Å². The van der Waals surface area contributed by atoms with Gasteiger partial charge in [0.1, 0.15) is 0 Å². The molecule has 0 fully saturated rings. The standard InChI is InChI=1S/C10H10ClNO3/c1-10(5-9(13)14)7-4-6(11)2-3-8(7)15-12-10/h2-4,12H,5H2,1H3,(H,13,14). The van der Waals surface area contributed by atoms with E-state index < -0.39 is 11.5 Å². The number of nitrogens with one attached hydrogen (secondary N) is 1. The Kier molecular flexibility index (Phi) is 2.32. The molecule has 2 rings (SSSR count). The highest BCUT2D eigenvalue weighted by molar-refractivity contribution is 6.30. The normalized spacial score (nSPS) is 23.3. The minimum Gasteiger partial charge on any atom is -0.481 e. The zero-order valence-corrected chi connectivity index (χ0v) is 8.84. The van der Waals surface area contributed by atoms with E-state index in [1.54, 1.807) is 25.1 Å². The van der Waals surface area contributed by atoms with Crippen molar-refractivity contribution in [3.8, 4) is 5.75 Å². The Morgan fingerprint density at radius 3 is 3.07 bits per heavy atom. The highest BCUT2D eigenvalue weighted by Crippen LogP contribution is 2.38. The van der Waals surface area contributed by atoms with Gasteiger partial charge in [0, 0.05) is 10.6 Å². The third-order valence-electron chi connectivity index (χ3n) is 2.43. The third kappa shape index (κ3) is 1.78. The van der Waals surface area contributed by atoms with Crippen LogP contribution in [-0.4, -0.2) is 11.1 Å². The quantitative estimate of drug-likeness (QED) is 0.811. The lowest BCUT2D eigenvalue weighted by molar-refractivity contribution is -0.139. The second-order valence-electron chi connectivity index (χ2n) is 3.75. The van der Waals surface area contributed by atoms with Crippen molar-refractivity contribution in [2.45, 2.75) is 18.9 Å². The molecule has 5 heteroatoms. The molecule has 0 bridgehead atoms. The Hall–Kier alpha value is -1.26. The van der Waals surface area contributed by atoms with Crippen molar-refractivity contribution >= 4 is 17.6 Å². The summed E-state index contributed by atoms with van der Waals surface area (Å²) in [5, 5.41) is 9.37. The lowest BCUT2D eigenvalue weighted by atomic mass is 9.90. The Bertz CT molecular complexity index is 421. The molecule has 0 aliphatic carbocycles. The first kappa shape index (κ1) is 10.3. The molecule has 1 aromatic rings. The third-order valence-corrected chi connectivity index (χ3v) is 2.66. The molecule has 1 atom stereocenters. The number of rotatable bonds is 2. The molecule has 1 aliphatic rings. The van der Waals surface area contributed by atoms with Crippen LogP contribution in [0.3, 0.4) is 0 Å². The molecule has 0 spiro atoms. The number of carbonyl (C=O) groups is 1. The van der Waals surface area contributed by atoms with Gasteiger partial charge in [-0.25, -0.2) is 0 Å². The summed E-state index contributed by atoms with van der Waals surface area (Å²) < 4.78 is 0. The molecule has 1 heterocycles. The van der Waals surface area contributed by atoms with Crippen molar-refractivity contribution in [3.05, 3.63) is 28.8 Å². The number of halogens is 1. The van der Waals surface area contributed by atoms with Crippen LogP contribution in [0.15, 0.2) is 18.2 Å². The van der Waals surface area contributed by atoms with Crippen molar-refractivity contribution in [1.29, 1.82) is 0 Å². The van der Waals surface area contributed by atoms with Gasteiger partial charge < -0.3 is 9.94 Å². The first-order valence-electron chi connectivity index (χ1n) is 4.47. The van der Waals surface area contributed by atoms with Crippen LogP contribution in [0.25, 0.3) is 0 Å². The molecule has 1 aromatic carbocycles. The van der Waals surface area contributed by atoms with Crippen molar-refractivity contribution in [2.24, 2.45) is 0 Å². The molecule has 2 N–H and O–H groups in total. The Labute approximate surface area is 91.8 Å². The second-order valence-corrected chi connectivity index (χ2v) is 4.18. The highest BCUT2D eigenvalue weighted by atomic mass is 35.5. The predicted molar refractivity (Wildman–Crippen MR) is 54.8 cm³/mol. The zero-order valence-electron chi connectivity index (χ0n) is 8.08. The Balaban J connectivity index is 2.41. The summed E-state index contributed by atoms with van der Waals surface area (Å²) in [6.07, 6.45) is -0.0552. The van der Waals surface area contributed by atoms with Gasteiger partial charge in [0.2, 0.25) is 0 Å². The molecule has 0 aromatic heterocycles. The number of hydrogen-bond donors (Lipinski definition) is 2. The molecule has 0 radical (unpaired) electrons. The number of benzene rings is 1. The number of hydrogen-bond acceptors (Lipinski definition) is 3. The van der Waals surface area contributed by atoms with Crippen molar-refractivity contribution < 1.29 is 14.7 Å². The van der Waals surface area contributed by atoms with Gasteiger partial charge in [0.05, 0.1) is 12.0 Å². The molecule has 1 unspecified atom stereocenters. The first-order valence-corrected chi connectivity index (χ1v) is 4.85. The molecule has 1 aliphatic heterocycles. The summed E-state index contributed by atoms with van der Waals surface area (Å²) >= 11 is 5.86. The van der Waals surface area contributed by atoms with Crippen molar-refractivity contribution in [2.75, 3.05) is 0 Å². The molecule has 0 amide bonds. The van der Waals surface area contributed by atoms with Gasteiger partial charge in [-0.3, -0.25) is 4.79 Å². The van der Waals surface area contributed by atoms with Gasteiger partial charge in [-0.05, 0) is 25.1 Å². The van der Waals surface area contributed by atoms with E-state index in [1.807, 2.05) is 0 Å². The lowest BCUT2D eigenvalue weighted by Gasteiger charge is -2.20. The molecular formula is C10H10ClNO3. The van der Waals surface area contributed by atoms with Crippen LogP contribution in [0.2, 0.25) is 5.02 Å². The van der Waals surface area contributed by atoms with Gasteiger partial charge in [0.25, 0.3) is 0 Å². The van der Waals surface area contributed by atoms with Gasteiger partial charge in [-0.15, -0.1) is 5.48 Å². The van der Waals surface area contributed by atoms with Crippen LogP contribution >= 0.6 is 11.6 Å². The topological polar surface area (TPSA) is 58.6 Å². The van der Waals surface area contributed by atoms with E-state index in [-0.39, 0.29) is 6.42 Å². The number of aliphatic carboxylic acids is 1. The van der Waals surface area contributed by atoms with E-state index >= 15 is 0 Å². The fourth-order valence-corrected chi connectivity index (χ4v) is 1.85. The van der Waals surface area contributed by atoms with E-state index in [1.165, 1.54) is 0 Å². The first-order chi connectivity index (χ1) is 7.01. The van der Waals surface area contributed by atoms with Gasteiger partial charge in [0.15, 0.2) is 5.75 Å². The largest absolute Gasteiger partial charge is 0.481 e. The Morgan fingerprint density at radius 2 is 2.40 bits per heavy atom. The average molecular weight is 228 g/mol. The summed E-state index contributed by atoms with van der Waals surface area (Å²) in [5.41, 5.74) is 2.78. The molecule has 15 heavy (non-hydrogen) atoms. The second kappa shape index (κ2) is 3.40. The maximum Gasteiger partial charge on any atom is 0.305 e. The van der Waals surface area contributed by atoms with E-state index in [2.05, 4.69) is 5.48 Å². The van der Waals surface area contributed by atoms with Crippen LogP contribution in [0, 0.1) is 0 Å². The molecule has 0 saturated heterocycles. The number of fused-ring (bicyclic) bond motifs is 1. The molecule has 0 saturated carbocycles. The molecular weight excluding hydrogens is 218 g/mol. The summed E-state index contributed by atoms with van der Waals surface area (Å²) in [4.78, 5) is 15.9. The lowest BCUT2D eigenvalue weighted by Crippen LogP contribution is -2.37. The van der Waals surface area contributed by atoms with Crippen molar-refractivity contribution in [3.63, 3.8) is 0 Å². The van der Waals surface area contributed by atoms with Crippen LogP contribution in [0.5, 0.6) is 5.75 Å². The van der Waals surface area contributed by atoms with Crippen LogP contribution in [-0.2, 0) is 10.3 Å². The summed E-state index contributed by atoms with van der Waals surface area (Å²) in [6.45, 7) is 1.77. The highest BCUT2D eigenvalue weighted by Gasteiger charge is 2.38. The average Bonchev–Trinajstić information content (AvgIpc) is 2.43. The Morgan fingerprint density at radius 1 is 1.67 bits per heavy atom. The number of carboxylic acids is 1. The zero-order chi connectivity index (χ0) is 11.1. The van der Waals surface area contributed by atoms with E-state index in [0.29, 0.717) is 10.8 Å². The molecule has 4 nitrogen and oxygen atoms in total. The van der Waals surface area contributed by atoms with E-state index in [0.717, 1.165) is 5.56 Å². The maximum absolute atomic E-state index is 10.7. The molecule has 80 valence electrons. The van der Waals surface area contributed by atoms with Gasteiger partial charge in [-0.1, -0.05) is 11.6 Å². The SMILES string of the molecule is CC1(CC(=O)O)NOc2ccc(Cl)cc21. The fraction of sp³-hybridized carbons (Fsp3) is 0.300. The number of hydroxylamine groups is 1. The monoisotopic (exact) mass is 227 g/mol. The number of carboxylic acid groups (broad SMARTS) is 1.